The van der Waals surface area contributed by atoms with Crippen molar-refractivity contribution in [3.05, 3.63) is 42.0 Å². The van der Waals surface area contributed by atoms with Gasteiger partial charge in [-0.05, 0) is 19.1 Å². The van der Waals surface area contributed by atoms with E-state index in [0.717, 1.165) is 12.4 Å². The molecule has 0 saturated heterocycles. The highest BCUT2D eigenvalue weighted by molar-refractivity contribution is 5.98. The number of nitrogen functional groups attached to an aromatic ring is 1. The van der Waals surface area contributed by atoms with E-state index in [9.17, 15) is 4.79 Å². The third kappa shape index (κ3) is 2.44. The topological polar surface area (TPSA) is 73.4 Å². The van der Waals surface area contributed by atoms with Crippen LogP contribution in [0.25, 0.3) is 0 Å². The Labute approximate surface area is 123 Å². The summed E-state index contributed by atoms with van der Waals surface area (Å²) in [6, 6.07) is 5.27. The molecule has 0 unspecified atom stereocenters. The number of carbonyl (C=O) groups is 1. The lowest BCUT2D eigenvalue weighted by atomic mass is 10.1. The van der Waals surface area contributed by atoms with E-state index in [1.807, 2.05) is 13.1 Å². The Morgan fingerprint density at radius 1 is 1.43 bits per heavy atom. The van der Waals surface area contributed by atoms with Gasteiger partial charge >= 0.3 is 0 Å². The maximum Gasteiger partial charge on any atom is 0.258 e. The van der Waals surface area contributed by atoms with Crippen LogP contribution in [0.3, 0.4) is 0 Å². The van der Waals surface area contributed by atoms with Crippen LogP contribution in [-0.2, 0) is 13.1 Å². The van der Waals surface area contributed by atoms with E-state index in [4.69, 9.17) is 10.5 Å². The van der Waals surface area contributed by atoms with Gasteiger partial charge in [-0.25, -0.2) is 4.98 Å². The van der Waals surface area contributed by atoms with Crippen LogP contribution in [0.5, 0.6) is 5.75 Å². The number of para-hydroxylation sites is 1. The molecule has 2 aromatic rings. The van der Waals surface area contributed by atoms with Crippen molar-refractivity contribution in [2.45, 2.75) is 20.0 Å². The standard InChI is InChI=1S/C15H18N4O2/c1-2-21-14-11(4-3-5-12(14)16)15(20)19-9-8-18-7-6-17-13(18)10-19/h3-7H,2,8-10,16H2,1H3. The van der Waals surface area contributed by atoms with Crippen molar-refractivity contribution in [3.8, 4) is 5.75 Å². The van der Waals surface area contributed by atoms with Crippen molar-refractivity contribution in [3.63, 3.8) is 0 Å². The molecule has 110 valence electrons. The molecule has 21 heavy (non-hydrogen) atoms. The summed E-state index contributed by atoms with van der Waals surface area (Å²) in [5.41, 5.74) is 6.92. The monoisotopic (exact) mass is 286 g/mol. The number of carbonyl (C=O) groups excluding carboxylic acids is 1. The Morgan fingerprint density at radius 2 is 2.29 bits per heavy atom. The normalized spacial score (nSPS) is 13.9. The quantitative estimate of drug-likeness (QED) is 0.868. The van der Waals surface area contributed by atoms with E-state index >= 15 is 0 Å². The number of imidazole rings is 1. The molecule has 0 saturated carbocycles. The lowest BCUT2D eigenvalue weighted by Gasteiger charge is -2.28. The van der Waals surface area contributed by atoms with Crippen LogP contribution in [0.1, 0.15) is 23.1 Å². The van der Waals surface area contributed by atoms with Crippen molar-refractivity contribution in [2.75, 3.05) is 18.9 Å². The summed E-state index contributed by atoms with van der Waals surface area (Å²) in [6.07, 6.45) is 3.69. The predicted molar refractivity (Wildman–Crippen MR) is 79.0 cm³/mol. The Bertz CT molecular complexity index is 665. The average Bonchev–Trinajstić information content (AvgIpc) is 2.96. The highest BCUT2D eigenvalue weighted by Crippen LogP contribution is 2.28. The number of rotatable bonds is 3. The third-order valence-corrected chi connectivity index (χ3v) is 3.60. The zero-order chi connectivity index (χ0) is 14.8. The summed E-state index contributed by atoms with van der Waals surface area (Å²) in [6.45, 7) is 4.26. The minimum absolute atomic E-state index is 0.0694. The first-order chi connectivity index (χ1) is 10.2. The maximum absolute atomic E-state index is 12.7. The van der Waals surface area contributed by atoms with Crippen LogP contribution in [0, 0.1) is 0 Å². The number of hydrogen-bond acceptors (Lipinski definition) is 4. The highest BCUT2D eigenvalue weighted by Gasteiger charge is 2.25. The molecule has 3 rings (SSSR count). The van der Waals surface area contributed by atoms with E-state index in [2.05, 4.69) is 9.55 Å². The zero-order valence-electron chi connectivity index (χ0n) is 12.0. The van der Waals surface area contributed by atoms with E-state index < -0.39 is 0 Å². The molecule has 6 heteroatoms. The number of aromatic nitrogens is 2. The highest BCUT2D eigenvalue weighted by atomic mass is 16.5. The number of hydrogen-bond donors (Lipinski definition) is 1. The molecule has 2 N–H and O–H groups in total. The molecule has 1 aliphatic heterocycles. The minimum Gasteiger partial charge on any atom is -0.491 e. The smallest absolute Gasteiger partial charge is 0.258 e. The van der Waals surface area contributed by atoms with E-state index in [0.29, 0.717) is 36.7 Å². The molecule has 1 aliphatic rings. The third-order valence-electron chi connectivity index (χ3n) is 3.60. The van der Waals surface area contributed by atoms with Crippen LogP contribution in [0.15, 0.2) is 30.6 Å². The van der Waals surface area contributed by atoms with Gasteiger partial charge in [-0.15, -0.1) is 0 Å². The number of amides is 1. The fraction of sp³-hybridized carbons (Fsp3) is 0.333. The lowest BCUT2D eigenvalue weighted by Crippen LogP contribution is -2.38. The molecule has 0 bridgehead atoms. The van der Waals surface area contributed by atoms with Gasteiger partial charge in [-0.3, -0.25) is 4.79 Å². The summed E-state index contributed by atoms with van der Waals surface area (Å²) >= 11 is 0. The van der Waals surface area contributed by atoms with Gasteiger partial charge < -0.3 is 19.9 Å². The second kappa shape index (κ2) is 5.47. The number of ether oxygens (including phenoxy) is 1. The summed E-state index contributed by atoms with van der Waals surface area (Å²) in [5, 5.41) is 0. The molecule has 1 aromatic heterocycles. The molecular weight excluding hydrogens is 268 g/mol. The molecule has 0 radical (unpaired) electrons. The number of nitrogens with two attached hydrogens (primary N) is 1. The van der Waals surface area contributed by atoms with Crippen molar-refractivity contribution >= 4 is 11.6 Å². The van der Waals surface area contributed by atoms with Gasteiger partial charge in [0, 0.05) is 25.5 Å². The Balaban J connectivity index is 1.88. The second-order valence-electron chi connectivity index (χ2n) is 4.92. The van der Waals surface area contributed by atoms with Gasteiger partial charge in [0.05, 0.1) is 24.4 Å². The summed E-state index contributed by atoms with van der Waals surface area (Å²) in [4.78, 5) is 18.8. The average molecular weight is 286 g/mol. The first kappa shape index (κ1) is 13.5. The summed E-state index contributed by atoms with van der Waals surface area (Å²) in [7, 11) is 0. The molecule has 2 heterocycles. The maximum atomic E-state index is 12.7. The minimum atomic E-state index is -0.0694. The van der Waals surface area contributed by atoms with Gasteiger partial charge in [0.1, 0.15) is 5.82 Å². The first-order valence-electron chi connectivity index (χ1n) is 7.01. The molecule has 0 aliphatic carbocycles. The second-order valence-corrected chi connectivity index (χ2v) is 4.92. The predicted octanol–water partition coefficient (Wildman–Crippen LogP) is 1.52. The van der Waals surface area contributed by atoms with Gasteiger partial charge in [0.2, 0.25) is 0 Å². The van der Waals surface area contributed by atoms with Gasteiger partial charge in [0.15, 0.2) is 5.75 Å². The summed E-state index contributed by atoms with van der Waals surface area (Å²) in [5.74, 6) is 1.30. The fourth-order valence-electron chi connectivity index (χ4n) is 2.55. The van der Waals surface area contributed by atoms with E-state index in [1.165, 1.54) is 0 Å². The Morgan fingerprint density at radius 3 is 3.10 bits per heavy atom. The van der Waals surface area contributed by atoms with E-state index in [1.54, 1.807) is 29.3 Å². The molecule has 1 amide bonds. The van der Waals surface area contributed by atoms with Crippen molar-refractivity contribution in [2.24, 2.45) is 0 Å². The number of benzene rings is 1. The van der Waals surface area contributed by atoms with Crippen LogP contribution in [0.4, 0.5) is 5.69 Å². The van der Waals surface area contributed by atoms with Crippen LogP contribution >= 0.6 is 0 Å². The molecule has 0 atom stereocenters. The Kier molecular flexibility index (Phi) is 3.51. The molecule has 6 nitrogen and oxygen atoms in total. The first-order valence-corrected chi connectivity index (χ1v) is 7.01. The molecular formula is C15H18N4O2. The van der Waals surface area contributed by atoms with Crippen LogP contribution in [0.2, 0.25) is 0 Å². The number of nitrogens with zero attached hydrogens (tertiary/aromatic N) is 3. The lowest BCUT2D eigenvalue weighted by molar-refractivity contribution is 0.0703. The van der Waals surface area contributed by atoms with Crippen LogP contribution in [-0.4, -0.2) is 33.5 Å². The molecule has 1 aromatic carbocycles. The van der Waals surface area contributed by atoms with Crippen molar-refractivity contribution < 1.29 is 9.53 Å². The number of anilines is 1. The largest absolute Gasteiger partial charge is 0.491 e. The zero-order valence-corrected chi connectivity index (χ0v) is 12.0. The van der Waals surface area contributed by atoms with Gasteiger partial charge in [-0.2, -0.15) is 0 Å². The van der Waals surface area contributed by atoms with Crippen molar-refractivity contribution in [1.29, 1.82) is 0 Å². The van der Waals surface area contributed by atoms with Gasteiger partial charge in [-0.1, -0.05) is 6.07 Å². The van der Waals surface area contributed by atoms with Crippen LogP contribution < -0.4 is 10.5 Å². The Hall–Kier alpha value is -2.50. The molecule has 0 spiro atoms. The fourth-order valence-corrected chi connectivity index (χ4v) is 2.55. The number of fused-ring (bicyclic) bond motifs is 1. The van der Waals surface area contributed by atoms with E-state index in [-0.39, 0.29) is 5.91 Å². The molecule has 0 fully saturated rings. The van der Waals surface area contributed by atoms with Gasteiger partial charge in [0.25, 0.3) is 5.91 Å². The SMILES string of the molecule is CCOc1c(N)cccc1C(=O)N1CCn2ccnc2C1. The summed E-state index contributed by atoms with van der Waals surface area (Å²) < 4.78 is 7.60. The van der Waals surface area contributed by atoms with Crippen molar-refractivity contribution in [1.82, 2.24) is 14.5 Å².